The number of hydrogen-bond acceptors (Lipinski definition) is 7. The van der Waals surface area contributed by atoms with Crippen molar-refractivity contribution < 1.29 is 33.4 Å². The first-order chi connectivity index (χ1) is 15.9. The molecule has 1 aliphatic heterocycles. The second-order valence-corrected chi connectivity index (χ2v) is 11.8. The number of furan rings is 1. The number of ether oxygens (including phenoxy) is 2. The number of esters is 2. The fraction of sp³-hybridized carbons (Fsp3) is 0.667. The fourth-order valence-corrected chi connectivity index (χ4v) is 8.24. The van der Waals surface area contributed by atoms with Crippen LogP contribution in [-0.4, -0.2) is 36.0 Å². The lowest BCUT2D eigenvalue weighted by Crippen LogP contribution is -2.64. The maximum absolute atomic E-state index is 13.8. The van der Waals surface area contributed by atoms with Gasteiger partial charge in [0.25, 0.3) is 0 Å². The van der Waals surface area contributed by atoms with Gasteiger partial charge in [0.2, 0.25) is 0 Å². The highest BCUT2D eigenvalue weighted by atomic mass is 16.5. The Morgan fingerprint density at radius 1 is 1.21 bits per heavy atom. The predicted octanol–water partition coefficient (Wildman–Crippen LogP) is 4.01. The molecule has 34 heavy (non-hydrogen) atoms. The molecule has 2 bridgehead atoms. The second-order valence-electron chi connectivity index (χ2n) is 11.8. The predicted molar refractivity (Wildman–Crippen MR) is 121 cm³/mol. The zero-order valence-corrected chi connectivity index (χ0v) is 20.5. The third kappa shape index (κ3) is 3.01. The number of aliphatic hydroxyl groups excluding tert-OH is 1. The number of Topliss-reactive ketones (excluding diaryl/α,β-unsaturated/α-hetero) is 1. The van der Waals surface area contributed by atoms with Crippen LogP contribution in [0.25, 0.3) is 0 Å². The fourth-order valence-electron chi connectivity index (χ4n) is 8.24. The van der Waals surface area contributed by atoms with Gasteiger partial charge in [-0.2, -0.15) is 0 Å². The first-order valence-electron chi connectivity index (χ1n) is 12.2. The van der Waals surface area contributed by atoms with Gasteiger partial charge in [-0.05, 0) is 42.6 Å². The molecule has 1 aromatic rings. The highest BCUT2D eigenvalue weighted by molar-refractivity contribution is 5.93. The van der Waals surface area contributed by atoms with E-state index in [1.165, 1.54) is 7.11 Å². The summed E-state index contributed by atoms with van der Waals surface area (Å²) >= 11 is 0. The molecular weight excluding hydrogens is 436 g/mol. The highest BCUT2D eigenvalue weighted by Crippen LogP contribution is 2.67. The number of hydrogen-bond donors (Lipinski definition) is 1. The van der Waals surface area contributed by atoms with Gasteiger partial charge >= 0.3 is 11.9 Å². The van der Waals surface area contributed by atoms with Crippen LogP contribution in [0.15, 0.2) is 34.7 Å². The summed E-state index contributed by atoms with van der Waals surface area (Å²) in [5.74, 6) is -2.01. The Kier molecular flexibility index (Phi) is 5.18. The van der Waals surface area contributed by atoms with Crippen LogP contribution in [0.1, 0.15) is 65.0 Å². The summed E-state index contributed by atoms with van der Waals surface area (Å²) < 4.78 is 16.1. The molecule has 1 N–H and O–H groups in total. The lowest BCUT2D eigenvalue weighted by molar-refractivity contribution is -0.188. The third-order valence-electron chi connectivity index (χ3n) is 9.62. The van der Waals surface area contributed by atoms with E-state index >= 15 is 0 Å². The van der Waals surface area contributed by atoms with Crippen LogP contribution in [0.2, 0.25) is 0 Å². The van der Waals surface area contributed by atoms with Gasteiger partial charge in [-0.3, -0.25) is 9.59 Å². The highest BCUT2D eigenvalue weighted by Gasteiger charge is 2.67. The molecule has 7 nitrogen and oxygen atoms in total. The number of fused-ring (bicyclic) bond motifs is 6. The Hall–Kier alpha value is -2.41. The van der Waals surface area contributed by atoms with E-state index in [2.05, 4.69) is 13.0 Å². The van der Waals surface area contributed by atoms with Crippen molar-refractivity contribution in [2.24, 2.45) is 39.9 Å². The topological polar surface area (TPSA) is 103 Å². The molecule has 2 saturated carbocycles. The maximum atomic E-state index is 13.8. The molecule has 7 heteroatoms. The smallest absolute Gasteiger partial charge is 0.335 e. The van der Waals surface area contributed by atoms with Crippen molar-refractivity contribution in [3.05, 3.63) is 35.8 Å². The van der Waals surface area contributed by atoms with Crippen LogP contribution in [0.4, 0.5) is 0 Å². The molecule has 0 amide bonds. The molecule has 1 aromatic heterocycles. The van der Waals surface area contributed by atoms with E-state index in [9.17, 15) is 19.5 Å². The van der Waals surface area contributed by atoms with Gasteiger partial charge in [0.1, 0.15) is 11.9 Å². The van der Waals surface area contributed by atoms with Crippen molar-refractivity contribution in [2.45, 2.75) is 65.6 Å². The van der Waals surface area contributed by atoms with Crippen molar-refractivity contribution in [3.8, 4) is 0 Å². The number of cyclic esters (lactones) is 1. The standard InChI is InChI=1S/C27H34O7/c1-25(2)12-15-10-16-17(27(4,22(15)30)21(25)20(29)24(31)32-5)6-8-26(3)18(16)11-19(28)34-23(26)14-7-9-33-13-14/h7,9-10,13,15,17-18,20-21,23,29H,6,8,11-12H2,1-5H3/t15-,17-,18-,20+,21-,23-,26+,27+/m0/s1. The number of aliphatic hydroxyl groups is 1. The van der Waals surface area contributed by atoms with E-state index in [0.29, 0.717) is 12.8 Å². The van der Waals surface area contributed by atoms with E-state index in [4.69, 9.17) is 13.9 Å². The number of carbonyl (C=O) groups is 3. The summed E-state index contributed by atoms with van der Waals surface area (Å²) in [7, 11) is 1.26. The summed E-state index contributed by atoms with van der Waals surface area (Å²) in [6, 6.07) is 1.84. The summed E-state index contributed by atoms with van der Waals surface area (Å²) in [6.45, 7) is 8.15. The minimum atomic E-state index is -1.39. The van der Waals surface area contributed by atoms with Crippen molar-refractivity contribution in [2.75, 3.05) is 7.11 Å². The minimum Gasteiger partial charge on any atom is -0.472 e. The number of allylic oxidation sites excluding steroid dienone is 2. The van der Waals surface area contributed by atoms with Gasteiger partial charge in [0.15, 0.2) is 6.10 Å². The molecule has 3 fully saturated rings. The lowest BCUT2D eigenvalue weighted by atomic mass is 9.41. The molecular formula is C27H34O7. The van der Waals surface area contributed by atoms with Crippen molar-refractivity contribution in [3.63, 3.8) is 0 Å². The van der Waals surface area contributed by atoms with Crippen LogP contribution in [0.3, 0.4) is 0 Å². The molecule has 8 atom stereocenters. The molecule has 2 heterocycles. The SMILES string of the molecule is COC(=O)[C@H](O)[C@H]1C(C)(C)C[C@@H]2C=C3[C@@H]4CC(=O)O[C@@H](c5ccoc5)[C@]4(C)CC[C@@H]3[C@@]1(C)C2=O. The van der Waals surface area contributed by atoms with Crippen molar-refractivity contribution in [1.82, 2.24) is 0 Å². The van der Waals surface area contributed by atoms with Gasteiger partial charge < -0.3 is 19.0 Å². The monoisotopic (exact) mass is 470 g/mol. The molecule has 5 rings (SSSR count). The van der Waals surface area contributed by atoms with E-state index in [0.717, 1.165) is 17.6 Å². The van der Waals surface area contributed by atoms with E-state index in [1.807, 2.05) is 26.8 Å². The van der Waals surface area contributed by atoms with E-state index in [1.54, 1.807) is 12.5 Å². The summed E-state index contributed by atoms with van der Waals surface area (Å²) in [4.78, 5) is 39.1. The van der Waals surface area contributed by atoms with E-state index < -0.39 is 34.9 Å². The maximum Gasteiger partial charge on any atom is 0.335 e. The molecule has 1 saturated heterocycles. The molecule has 0 spiro atoms. The Labute approximate surface area is 199 Å². The Morgan fingerprint density at radius 3 is 2.59 bits per heavy atom. The zero-order chi connectivity index (χ0) is 24.6. The van der Waals surface area contributed by atoms with Crippen LogP contribution in [0.5, 0.6) is 0 Å². The van der Waals surface area contributed by atoms with Gasteiger partial charge in [-0.15, -0.1) is 0 Å². The second kappa shape index (κ2) is 7.54. The first kappa shape index (κ1) is 23.3. The number of ketones is 1. The van der Waals surface area contributed by atoms with Crippen LogP contribution in [-0.2, 0) is 23.9 Å². The molecule has 0 radical (unpaired) electrons. The van der Waals surface area contributed by atoms with Crippen LogP contribution >= 0.6 is 0 Å². The average molecular weight is 471 g/mol. The lowest BCUT2D eigenvalue weighted by Gasteiger charge is -2.63. The van der Waals surface area contributed by atoms with Gasteiger partial charge in [0, 0.05) is 28.2 Å². The average Bonchev–Trinajstić information content (AvgIpc) is 3.30. The van der Waals surface area contributed by atoms with Crippen molar-refractivity contribution in [1.29, 1.82) is 0 Å². The number of carbonyl (C=O) groups excluding carboxylic acids is 3. The Morgan fingerprint density at radius 2 is 1.94 bits per heavy atom. The molecule has 184 valence electrons. The van der Waals surface area contributed by atoms with Gasteiger partial charge in [0.05, 0.1) is 26.1 Å². The largest absolute Gasteiger partial charge is 0.472 e. The van der Waals surface area contributed by atoms with Gasteiger partial charge in [-0.1, -0.05) is 39.3 Å². The summed E-state index contributed by atoms with van der Waals surface area (Å²) in [5.41, 5.74) is 0.241. The quantitative estimate of drug-likeness (QED) is 0.526. The van der Waals surface area contributed by atoms with Crippen LogP contribution in [0, 0.1) is 39.9 Å². The molecule has 4 aliphatic rings. The minimum absolute atomic E-state index is 0.0838. The third-order valence-corrected chi connectivity index (χ3v) is 9.62. The summed E-state index contributed by atoms with van der Waals surface area (Å²) in [6.07, 6.45) is 5.79. The normalized spacial score (nSPS) is 41.5. The summed E-state index contributed by atoms with van der Waals surface area (Å²) in [5, 5.41) is 11.1. The molecule has 3 aliphatic carbocycles. The zero-order valence-electron chi connectivity index (χ0n) is 20.5. The Balaban J connectivity index is 1.62. The molecule has 0 aromatic carbocycles. The Bertz CT molecular complexity index is 1050. The number of rotatable bonds is 3. The van der Waals surface area contributed by atoms with Crippen LogP contribution < -0.4 is 0 Å². The van der Waals surface area contributed by atoms with Gasteiger partial charge in [-0.25, -0.2) is 4.79 Å². The molecule has 0 unspecified atom stereocenters. The first-order valence-corrected chi connectivity index (χ1v) is 12.2. The van der Waals surface area contributed by atoms with Crippen molar-refractivity contribution >= 4 is 17.7 Å². The van der Waals surface area contributed by atoms with E-state index in [-0.39, 0.29) is 41.3 Å². The number of methoxy groups -OCH3 is 1.